The molecule has 0 aliphatic carbocycles. The Labute approximate surface area is 687 Å². The molecule has 4 heterocycles. The van der Waals surface area contributed by atoms with Crippen LogP contribution in [-0.2, 0) is 87.5 Å². The van der Waals surface area contributed by atoms with Crippen LogP contribution in [-0.4, -0.2) is 123 Å². The normalized spacial score (nSPS) is 13.6. The molecule has 0 atom stereocenters. The Kier molecular flexibility index (Phi) is 35.4. The van der Waals surface area contributed by atoms with Crippen molar-refractivity contribution in [3.8, 4) is 0 Å². The van der Waals surface area contributed by atoms with Gasteiger partial charge in [-0.3, -0.25) is 0 Å². The first-order valence-corrected chi connectivity index (χ1v) is 43.1. The lowest BCUT2D eigenvalue weighted by molar-refractivity contribution is 0.0213. The van der Waals surface area contributed by atoms with Crippen molar-refractivity contribution < 1.29 is 52.8 Å². The van der Waals surface area contributed by atoms with Crippen LogP contribution in [0.5, 0.6) is 0 Å². The van der Waals surface area contributed by atoms with Gasteiger partial charge in [-0.15, -0.1) is 0 Å². The molecule has 0 aromatic heterocycles. The van der Waals surface area contributed by atoms with Crippen LogP contribution in [0.2, 0.25) is 0 Å². The maximum atomic E-state index is 12.2. The maximum Gasteiger partial charge on any atom is 0.410 e. The summed E-state index contributed by atoms with van der Waals surface area (Å²) in [5.41, 5.74) is 17.1. The van der Waals surface area contributed by atoms with Crippen molar-refractivity contribution in [1.29, 1.82) is 0 Å². The molecule has 0 saturated heterocycles. The fraction of sp³-hybridized carbons (Fsp3) is 0.442. The van der Waals surface area contributed by atoms with Gasteiger partial charge in [-0.05, 0) is 296 Å². The number of rotatable bonds is 12. The van der Waals surface area contributed by atoms with Crippen LogP contribution in [0, 0.1) is 34.6 Å². The number of benzene rings is 8. The quantitative estimate of drug-likeness (QED) is 0.0536. The van der Waals surface area contributed by atoms with Crippen molar-refractivity contribution in [2.75, 3.05) is 45.1 Å². The minimum Gasteiger partial charge on any atom is -0.462 e. The Morgan fingerprint density at radius 1 is 0.389 bits per heavy atom. The maximum absolute atomic E-state index is 12.2. The van der Waals surface area contributed by atoms with Gasteiger partial charge in [-0.25, -0.2) is 24.0 Å². The molecular weight excluding hydrogens is 1510 g/mol. The summed E-state index contributed by atoms with van der Waals surface area (Å²) in [4.78, 5) is 67.5. The number of esters is 1. The SMILES string of the molecule is C.C.CCOC(=O)c1ccc2c(c1C)CCN(C(=O)OC(C)(C)C)C2.Cc1c(CBr)ccc2c1CCN(C(=O)OC(C)(C)C)C2.Cc1c(CO)ccc2c1CCN(C(=O)OC(C)(C)C)C2.Cc1ccc2c(c1C)CCN(C(=O)OC(C)(C)C)C2.c1ccc(P(CCCP(c2ccccc2)c2ccccc2)c2ccccc2)cc1. The van der Waals surface area contributed by atoms with E-state index in [1.165, 1.54) is 90.0 Å². The van der Waals surface area contributed by atoms with Crippen molar-refractivity contribution in [2.45, 2.75) is 232 Å². The number of fused-ring (bicyclic) bond motifs is 4. The average molecular weight is 1640 g/mol. The second-order valence-corrected chi connectivity index (χ2v) is 37.8. The van der Waals surface area contributed by atoms with E-state index in [1.54, 1.807) is 32.6 Å². The molecule has 4 amide bonds. The third-order valence-electron chi connectivity index (χ3n) is 19.7. The van der Waals surface area contributed by atoms with Gasteiger partial charge in [-0.1, -0.05) is 195 Å². The lowest BCUT2D eigenvalue weighted by Gasteiger charge is -2.32. The van der Waals surface area contributed by atoms with E-state index in [0.717, 1.165) is 71.1 Å². The molecule has 610 valence electrons. The van der Waals surface area contributed by atoms with Crippen LogP contribution in [0.25, 0.3) is 0 Å². The van der Waals surface area contributed by atoms with Crippen molar-refractivity contribution in [3.63, 3.8) is 0 Å². The smallest absolute Gasteiger partial charge is 0.410 e. The summed E-state index contributed by atoms with van der Waals surface area (Å²) in [7, 11) is -0.618. The number of halogens is 1. The van der Waals surface area contributed by atoms with E-state index in [1.807, 2.05) is 115 Å². The van der Waals surface area contributed by atoms with Crippen molar-refractivity contribution >= 4 is 83.3 Å². The summed E-state index contributed by atoms with van der Waals surface area (Å²) in [5.74, 6) is -0.289. The molecule has 18 heteroatoms. The average Bonchev–Trinajstić information content (AvgIpc) is 0.756. The summed E-state index contributed by atoms with van der Waals surface area (Å²) < 4.78 is 26.8. The second kappa shape index (κ2) is 42.8. The molecule has 0 unspecified atom stereocenters. The van der Waals surface area contributed by atoms with Crippen molar-refractivity contribution in [3.05, 3.63) is 259 Å². The summed E-state index contributed by atoms with van der Waals surface area (Å²) in [6, 6.07) is 60.5. The molecule has 15 nitrogen and oxygen atoms in total. The zero-order chi connectivity index (χ0) is 81.0. The zero-order valence-electron chi connectivity index (χ0n) is 69.0. The van der Waals surface area contributed by atoms with E-state index < -0.39 is 22.4 Å². The zero-order valence-corrected chi connectivity index (χ0v) is 72.4. The van der Waals surface area contributed by atoms with Crippen LogP contribution in [0.1, 0.15) is 205 Å². The first kappa shape index (κ1) is 93.5. The van der Waals surface area contributed by atoms with Gasteiger partial charge in [0.05, 0.1) is 18.8 Å². The van der Waals surface area contributed by atoms with Gasteiger partial charge in [0.25, 0.3) is 0 Å². The van der Waals surface area contributed by atoms with Gasteiger partial charge in [0.1, 0.15) is 22.4 Å². The standard InChI is InChI=1S/C27H26P2.C18H25NO4.C16H22BrNO2.C16H23NO3.C16H23NO2.2CH4/c1-5-14-24(15-6-1)28(25-16-7-2-8-17-25)22-13-23-29(26-18-9-3-10-19-26)27-20-11-4-12-21-27;1-6-22-16(20)15-8-7-13-11-19(10-9-14(13)12(15)2)17(21)23-18(3,4)5;1-11-12(9-17)5-6-13-10-18(8-7-14(11)13)15(19)20-16(2,3)4;1-11-13(10-18)6-5-12-9-17(8-7-14(11)12)15(19)20-16(2,3)4;1-11-6-7-13-10-17(9-8-14(13)12(11)2)15(18)19-16(3,4)5;;/h1-12,14-21H,13,22-23H2;7-8H,6,9-11H2,1-5H3;5-6H,7-10H2,1-4H3;5-6,18H,7-10H2,1-4H3;6-7H,8-10H2,1-5H3;2*1H4. The lowest BCUT2D eigenvalue weighted by Crippen LogP contribution is -2.40. The Morgan fingerprint density at radius 2 is 0.673 bits per heavy atom. The van der Waals surface area contributed by atoms with E-state index >= 15 is 0 Å². The van der Waals surface area contributed by atoms with Gasteiger partial charge in [0.15, 0.2) is 0 Å². The van der Waals surface area contributed by atoms with Gasteiger partial charge >= 0.3 is 30.3 Å². The van der Waals surface area contributed by atoms with Gasteiger partial charge in [0, 0.05) is 57.7 Å². The minimum absolute atomic E-state index is 0. The van der Waals surface area contributed by atoms with E-state index in [9.17, 15) is 29.1 Å². The lowest BCUT2D eigenvalue weighted by atomic mass is 9.92. The first-order chi connectivity index (χ1) is 52.5. The molecule has 113 heavy (non-hydrogen) atoms. The Balaban J connectivity index is 0.000000221. The molecule has 0 fully saturated rings. The molecule has 4 aliphatic heterocycles. The van der Waals surface area contributed by atoms with Crippen LogP contribution < -0.4 is 21.2 Å². The fourth-order valence-corrected chi connectivity index (χ4v) is 19.4. The highest BCUT2D eigenvalue weighted by atomic mass is 79.9. The van der Waals surface area contributed by atoms with E-state index in [4.69, 9.17) is 23.7 Å². The molecule has 12 rings (SSSR count). The number of carbonyl (C=O) groups is 5. The highest BCUT2D eigenvalue weighted by molar-refractivity contribution is 9.08. The number of hydrogen-bond donors (Lipinski definition) is 1. The molecule has 8 aromatic carbocycles. The Morgan fingerprint density at radius 3 is 0.973 bits per heavy atom. The van der Waals surface area contributed by atoms with E-state index in [0.29, 0.717) is 57.9 Å². The summed E-state index contributed by atoms with van der Waals surface area (Å²) in [6.45, 7) is 40.4. The number of aliphatic hydroxyl groups excluding tert-OH is 1. The third kappa shape index (κ3) is 27.7. The van der Waals surface area contributed by atoms with E-state index in [2.05, 4.69) is 182 Å². The number of nitrogens with zero attached hydrogens (tertiary/aromatic N) is 4. The molecule has 0 radical (unpaired) electrons. The molecule has 0 saturated carbocycles. The number of ether oxygens (including phenoxy) is 5. The van der Waals surface area contributed by atoms with E-state index in [-0.39, 0.29) is 67.6 Å². The monoisotopic (exact) mass is 1640 g/mol. The van der Waals surface area contributed by atoms with Gasteiger partial charge in [-0.2, -0.15) is 0 Å². The predicted octanol–water partition coefficient (Wildman–Crippen LogP) is 20.9. The van der Waals surface area contributed by atoms with Crippen molar-refractivity contribution in [2.24, 2.45) is 0 Å². The number of aliphatic hydroxyl groups is 1. The highest BCUT2D eigenvalue weighted by Crippen LogP contribution is 2.40. The van der Waals surface area contributed by atoms with Gasteiger partial charge < -0.3 is 48.4 Å². The van der Waals surface area contributed by atoms with Crippen LogP contribution >= 0.6 is 31.8 Å². The first-order valence-electron chi connectivity index (χ1n) is 39.0. The van der Waals surface area contributed by atoms with Crippen LogP contribution in [0.4, 0.5) is 19.2 Å². The number of hydrogen-bond acceptors (Lipinski definition) is 11. The number of aryl methyl sites for hydroxylation is 1. The van der Waals surface area contributed by atoms with Crippen molar-refractivity contribution in [1.82, 2.24) is 19.6 Å². The second-order valence-electron chi connectivity index (χ2n) is 32.6. The topological polar surface area (TPSA) is 165 Å². The molecular formula is C95H127BrN4O11P2. The minimum atomic E-state index is -0.499. The predicted molar refractivity (Wildman–Crippen MR) is 471 cm³/mol. The molecule has 1 N–H and O–H groups in total. The number of alkyl halides is 1. The molecule has 0 spiro atoms. The molecule has 8 aromatic rings. The largest absolute Gasteiger partial charge is 0.462 e. The number of carbonyl (C=O) groups excluding carboxylic acids is 5. The van der Waals surface area contributed by atoms with Gasteiger partial charge in [0.2, 0.25) is 0 Å². The fourth-order valence-electron chi connectivity index (χ4n) is 13.9. The van der Waals surface area contributed by atoms with Crippen LogP contribution in [0.3, 0.4) is 0 Å². The summed E-state index contributed by atoms with van der Waals surface area (Å²) in [5, 5.41) is 16.1. The summed E-state index contributed by atoms with van der Waals surface area (Å²) in [6.07, 6.45) is 6.09. The Bertz CT molecular complexity index is 4160. The number of amides is 4. The Hall–Kier alpha value is -8.39. The molecule has 4 aliphatic rings. The third-order valence-corrected chi connectivity index (χ3v) is 25.5. The summed E-state index contributed by atoms with van der Waals surface area (Å²) >= 11 is 3.52. The van der Waals surface area contributed by atoms with Crippen LogP contribution in [0.15, 0.2) is 170 Å². The highest BCUT2D eigenvalue weighted by Gasteiger charge is 2.32. The molecule has 0 bridgehead atoms.